The van der Waals surface area contributed by atoms with Crippen LogP contribution in [0, 0.1) is 5.92 Å². The zero-order chi connectivity index (χ0) is 10.6. The molecule has 1 atom stereocenters. The van der Waals surface area contributed by atoms with Gasteiger partial charge in [0, 0.05) is 17.3 Å². The Hall–Kier alpha value is -0.910. The maximum absolute atomic E-state index is 11.1. The van der Waals surface area contributed by atoms with Crippen molar-refractivity contribution in [2.45, 2.75) is 12.8 Å². The first-order valence-electron chi connectivity index (χ1n) is 4.41. The minimum Gasteiger partial charge on any atom is -0.481 e. The van der Waals surface area contributed by atoms with E-state index in [9.17, 15) is 13.8 Å². The molecule has 6 heteroatoms. The van der Waals surface area contributed by atoms with Gasteiger partial charge in [0.2, 0.25) is 5.91 Å². The van der Waals surface area contributed by atoms with Gasteiger partial charge in [0.25, 0.3) is 0 Å². The molecule has 1 rings (SSSR count). The van der Waals surface area contributed by atoms with Gasteiger partial charge in [-0.15, -0.1) is 0 Å². The van der Waals surface area contributed by atoms with Crippen molar-refractivity contribution in [1.82, 2.24) is 5.32 Å². The lowest BCUT2D eigenvalue weighted by atomic mass is 10.4. The highest BCUT2D eigenvalue weighted by molar-refractivity contribution is 7.86. The molecule has 0 aromatic rings. The van der Waals surface area contributed by atoms with Crippen molar-refractivity contribution in [3.8, 4) is 0 Å². The SMILES string of the molecule is O=C(O)CS(=O)CC(=O)NCC1CC1. The first-order valence-corrected chi connectivity index (χ1v) is 5.90. The van der Waals surface area contributed by atoms with Crippen LogP contribution in [0.15, 0.2) is 0 Å². The van der Waals surface area contributed by atoms with Crippen LogP contribution in [-0.4, -0.2) is 39.2 Å². The quantitative estimate of drug-likeness (QED) is 0.621. The van der Waals surface area contributed by atoms with E-state index >= 15 is 0 Å². The van der Waals surface area contributed by atoms with E-state index < -0.39 is 22.5 Å². The summed E-state index contributed by atoms with van der Waals surface area (Å²) >= 11 is 0. The lowest BCUT2D eigenvalue weighted by molar-refractivity contribution is -0.133. The standard InChI is InChI=1S/C8H13NO4S/c10-7(9-3-6-1-2-6)4-14(13)5-8(11)12/h6H,1-5H2,(H,9,10)(H,11,12). The van der Waals surface area contributed by atoms with Crippen LogP contribution in [0.4, 0.5) is 0 Å². The van der Waals surface area contributed by atoms with Crippen LogP contribution in [-0.2, 0) is 20.4 Å². The molecule has 0 spiro atoms. The molecule has 1 aliphatic carbocycles. The van der Waals surface area contributed by atoms with E-state index in [4.69, 9.17) is 5.11 Å². The van der Waals surface area contributed by atoms with Crippen LogP contribution < -0.4 is 5.32 Å². The van der Waals surface area contributed by atoms with Crippen molar-refractivity contribution < 1.29 is 18.9 Å². The summed E-state index contributed by atoms with van der Waals surface area (Å²) in [4.78, 5) is 21.2. The molecule has 0 bridgehead atoms. The Morgan fingerprint density at radius 2 is 2.00 bits per heavy atom. The highest BCUT2D eigenvalue weighted by Crippen LogP contribution is 2.27. The second kappa shape index (κ2) is 5.09. The smallest absolute Gasteiger partial charge is 0.316 e. The second-order valence-corrected chi connectivity index (χ2v) is 4.83. The zero-order valence-electron chi connectivity index (χ0n) is 7.69. The number of nitrogens with one attached hydrogen (secondary N) is 1. The van der Waals surface area contributed by atoms with Gasteiger partial charge in [-0.2, -0.15) is 0 Å². The zero-order valence-corrected chi connectivity index (χ0v) is 8.51. The van der Waals surface area contributed by atoms with Crippen molar-refractivity contribution in [1.29, 1.82) is 0 Å². The molecule has 2 N–H and O–H groups in total. The van der Waals surface area contributed by atoms with Crippen LogP contribution in [0.1, 0.15) is 12.8 Å². The predicted molar refractivity (Wildman–Crippen MR) is 51.2 cm³/mol. The van der Waals surface area contributed by atoms with Crippen LogP contribution in [0.2, 0.25) is 0 Å². The molecule has 1 aliphatic rings. The van der Waals surface area contributed by atoms with Crippen molar-refractivity contribution in [2.75, 3.05) is 18.1 Å². The topological polar surface area (TPSA) is 83.5 Å². The van der Waals surface area contributed by atoms with Gasteiger partial charge in [-0.25, -0.2) is 0 Å². The summed E-state index contributed by atoms with van der Waals surface area (Å²) in [5, 5.41) is 10.9. The minimum atomic E-state index is -1.59. The fourth-order valence-electron chi connectivity index (χ4n) is 0.966. The van der Waals surface area contributed by atoms with Crippen molar-refractivity contribution in [3.63, 3.8) is 0 Å². The lowest BCUT2D eigenvalue weighted by Crippen LogP contribution is -2.31. The number of carboxylic acids is 1. The van der Waals surface area contributed by atoms with Gasteiger partial charge in [-0.05, 0) is 18.8 Å². The van der Waals surface area contributed by atoms with E-state index in [1.807, 2.05) is 0 Å². The van der Waals surface area contributed by atoms with Gasteiger partial charge < -0.3 is 10.4 Å². The number of hydrogen-bond acceptors (Lipinski definition) is 3. The predicted octanol–water partition coefficient (Wildman–Crippen LogP) is -0.654. The highest BCUT2D eigenvalue weighted by atomic mass is 32.2. The molecule has 5 nitrogen and oxygen atoms in total. The number of carbonyl (C=O) groups excluding carboxylic acids is 1. The van der Waals surface area contributed by atoms with Crippen molar-refractivity contribution in [3.05, 3.63) is 0 Å². The molecule has 80 valence electrons. The highest BCUT2D eigenvalue weighted by Gasteiger charge is 2.22. The van der Waals surface area contributed by atoms with Gasteiger partial charge in [0.1, 0.15) is 11.5 Å². The average Bonchev–Trinajstić information content (AvgIpc) is 2.81. The third-order valence-corrected chi connectivity index (χ3v) is 3.01. The summed E-state index contributed by atoms with van der Waals surface area (Å²) < 4.78 is 11.0. The molecule has 0 radical (unpaired) electrons. The van der Waals surface area contributed by atoms with Crippen LogP contribution in [0.5, 0.6) is 0 Å². The fraction of sp³-hybridized carbons (Fsp3) is 0.750. The van der Waals surface area contributed by atoms with E-state index in [1.165, 1.54) is 0 Å². The molecular formula is C8H13NO4S. The molecule has 1 fully saturated rings. The van der Waals surface area contributed by atoms with Gasteiger partial charge in [-0.3, -0.25) is 13.8 Å². The molecule has 0 aromatic heterocycles. The Labute approximate surface area is 84.3 Å². The lowest BCUT2D eigenvalue weighted by Gasteiger charge is -2.02. The summed E-state index contributed by atoms with van der Waals surface area (Å²) in [5.74, 6) is -1.56. The first kappa shape index (κ1) is 11.2. The summed E-state index contributed by atoms with van der Waals surface area (Å²) in [6.45, 7) is 0.628. The Bertz CT molecular complexity index is 262. The molecule has 0 aliphatic heterocycles. The normalized spacial score (nSPS) is 17.4. The van der Waals surface area contributed by atoms with Crippen LogP contribution in [0.25, 0.3) is 0 Å². The number of hydrogen-bond donors (Lipinski definition) is 2. The van der Waals surface area contributed by atoms with Crippen molar-refractivity contribution in [2.24, 2.45) is 5.92 Å². The maximum Gasteiger partial charge on any atom is 0.316 e. The monoisotopic (exact) mass is 219 g/mol. The van der Waals surface area contributed by atoms with E-state index in [0.29, 0.717) is 12.5 Å². The van der Waals surface area contributed by atoms with Gasteiger partial charge in [-0.1, -0.05) is 0 Å². The molecular weight excluding hydrogens is 206 g/mol. The Balaban J connectivity index is 2.11. The molecule has 0 heterocycles. The molecule has 14 heavy (non-hydrogen) atoms. The maximum atomic E-state index is 11.1. The van der Waals surface area contributed by atoms with Gasteiger partial charge in [0.05, 0.1) is 0 Å². The number of carboxylic acid groups (broad SMARTS) is 1. The average molecular weight is 219 g/mol. The van der Waals surface area contributed by atoms with E-state index in [2.05, 4.69) is 5.32 Å². The van der Waals surface area contributed by atoms with Crippen molar-refractivity contribution >= 4 is 22.7 Å². The van der Waals surface area contributed by atoms with Gasteiger partial charge in [0.15, 0.2) is 0 Å². The second-order valence-electron chi connectivity index (χ2n) is 3.37. The number of rotatable bonds is 6. The third kappa shape index (κ3) is 4.96. The Morgan fingerprint density at radius 1 is 1.36 bits per heavy atom. The first-order chi connectivity index (χ1) is 6.58. The van der Waals surface area contributed by atoms with E-state index in [1.54, 1.807) is 0 Å². The molecule has 1 unspecified atom stereocenters. The van der Waals surface area contributed by atoms with E-state index in [-0.39, 0.29) is 11.7 Å². The minimum absolute atomic E-state index is 0.209. The largest absolute Gasteiger partial charge is 0.481 e. The fourth-order valence-corrected chi connectivity index (χ4v) is 1.74. The number of carbonyl (C=O) groups is 2. The summed E-state index contributed by atoms with van der Waals surface area (Å²) in [6.07, 6.45) is 2.27. The Kier molecular flexibility index (Phi) is 4.06. The molecule has 1 saturated carbocycles. The van der Waals surface area contributed by atoms with Crippen LogP contribution >= 0.6 is 0 Å². The van der Waals surface area contributed by atoms with Gasteiger partial charge >= 0.3 is 5.97 Å². The number of amides is 1. The summed E-state index contributed by atoms with van der Waals surface area (Å²) in [5.41, 5.74) is 0. The number of aliphatic carboxylic acids is 1. The molecule has 1 amide bonds. The van der Waals surface area contributed by atoms with E-state index in [0.717, 1.165) is 12.8 Å². The molecule has 0 aromatic carbocycles. The molecule has 0 saturated heterocycles. The summed E-state index contributed by atoms with van der Waals surface area (Å²) in [6, 6.07) is 0. The summed E-state index contributed by atoms with van der Waals surface area (Å²) in [7, 11) is -1.59. The van der Waals surface area contributed by atoms with Crippen LogP contribution in [0.3, 0.4) is 0 Å². The third-order valence-electron chi connectivity index (χ3n) is 1.86. The Morgan fingerprint density at radius 3 is 2.50 bits per heavy atom.